The van der Waals surface area contributed by atoms with Gasteiger partial charge in [-0.1, -0.05) is 0 Å². The largest absolute Gasteiger partial charge is 0.394 e. The van der Waals surface area contributed by atoms with Gasteiger partial charge in [0.1, 0.15) is 0 Å². The molecule has 2 aliphatic rings. The van der Waals surface area contributed by atoms with Gasteiger partial charge in [0.25, 0.3) is 0 Å². The average Bonchev–Trinajstić information content (AvgIpc) is 3.22. The molecular formula is C16H33N3O. The van der Waals surface area contributed by atoms with Crippen molar-refractivity contribution < 1.29 is 5.11 Å². The van der Waals surface area contributed by atoms with Gasteiger partial charge in [-0.15, -0.1) is 0 Å². The van der Waals surface area contributed by atoms with Gasteiger partial charge >= 0.3 is 0 Å². The Bertz CT molecular complexity index is 293. The summed E-state index contributed by atoms with van der Waals surface area (Å²) in [6, 6.07) is 1.31. The molecule has 0 aromatic carbocycles. The monoisotopic (exact) mass is 283 g/mol. The molecule has 0 radical (unpaired) electrons. The van der Waals surface area contributed by atoms with Gasteiger partial charge in [0.2, 0.25) is 0 Å². The van der Waals surface area contributed by atoms with Crippen LogP contribution < -0.4 is 5.32 Å². The maximum atomic E-state index is 9.88. The Morgan fingerprint density at radius 3 is 2.50 bits per heavy atom. The molecule has 2 saturated carbocycles. The number of nitrogens with one attached hydrogen (secondary N) is 1. The molecule has 2 atom stereocenters. The maximum absolute atomic E-state index is 9.88. The van der Waals surface area contributed by atoms with Crippen molar-refractivity contribution in [2.24, 2.45) is 0 Å². The summed E-state index contributed by atoms with van der Waals surface area (Å²) in [6.07, 6.45) is 8.59. The van der Waals surface area contributed by atoms with E-state index in [1.165, 1.54) is 32.1 Å². The molecule has 4 heteroatoms. The van der Waals surface area contributed by atoms with Gasteiger partial charge < -0.3 is 20.2 Å². The number of aliphatic hydroxyl groups is 1. The standard InChI is InChI=1S/C16H33N3O/c1-18(2)10-5-11-19(3)15-6-4-9-16(12-15,13-20)17-14-7-8-14/h14-15,17,20H,4-13H2,1-3H3. The van der Waals surface area contributed by atoms with E-state index in [1.807, 2.05) is 0 Å². The lowest BCUT2D eigenvalue weighted by atomic mass is 9.78. The summed E-state index contributed by atoms with van der Waals surface area (Å²) < 4.78 is 0. The maximum Gasteiger partial charge on any atom is 0.0613 e. The van der Waals surface area contributed by atoms with Crippen LogP contribution in [0.15, 0.2) is 0 Å². The summed E-state index contributed by atoms with van der Waals surface area (Å²) in [7, 11) is 6.53. The lowest BCUT2D eigenvalue weighted by molar-refractivity contribution is 0.0671. The summed E-state index contributed by atoms with van der Waals surface area (Å²) in [4.78, 5) is 4.77. The van der Waals surface area contributed by atoms with Crippen LogP contribution in [0.2, 0.25) is 0 Å². The van der Waals surface area contributed by atoms with Gasteiger partial charge in [-0.25, -0.2) is 0 Å². The molecule has 0 bridgehead atoms. The molecule has 0 aromatic heterocycles. The predicted octanol–water partition coefficient (Wildman–Crippen LogP) is 1.30. The normalized spacial score (nSPS) is 31.2. The van der Waals surface area contributed by atoms with Crippen LogP contribution in [0.25, 0.3) is 0 Å². The van der Waals surface area contributed by atoms with Crippen LogP contribution in [0.4, 0.5) is 0 Å². The second-order valence-corrected chi connectivity index (χ2v) is 7.24. The third-order valence-corrected chi connectivity index (χ3v) is 4.95. The van der Waals surface area contributed by atoms with E-state index in [-0.39, 0.29) is 5.54 Å². The summed E-state index contributed by atoms with van der Waals surface area (Å²) in [5.41, 5.74) is -0.000108. The fourth-order valence-corrected chi connectivity index (χ4v) is 3.51. The molecule has 2 aliphatic carbocycles. The van der Waals surface area contributed by atoms with Crippen molar-refractivity contribution in [2.45, 2.75) is 62.6 Å². The van der Waals surface area contributed by atoms with Crippen LogP contribution >= 0.6 is 0 Å². The molecule has 2 N–H and O–H groups in total. The Labute approximate surface area is 124 Å². The van der Waals surface area contributed by atoms with Crippen LogP contribution in [0.5, 0.6) is 0 Å². The van der Waals surface area contributed by atoms with E-state index < -0.39 is 0 Å². The Kier molecular flexibility index (Phi) is 5.84. The molecule has 118 valence electrons. The zero-order chi connectivity index (χ0) is 14.6. The fraction of sp³-hybridized carbons (Fsp3) is 1.00. The van der Waals surface area contributed by atoms with E-state index in [2.05, 4.69) is 36.3 Å². The second kappa shape index (κ2) is 7.21. The van der Waals surface area contributed by atoms with Gasteiger partial charge in [0.15, 0.2) is 0 Å². The number of rotatable bonds is 8. The first-order chi connectivity index (χ1) is 9.54. The van der Waals surface area contributed by atoms with E-state index >= 15 is 0 Å². The van der Waals surface area contributed by atoms with Gasteiger partial charge in [-0.2, -0.15) is 0 Å². The van der Waals surface area contributed by atoms with E-state index in [9.17, 15) is 5.11 Å². The quantitative estimate of drug-likeness (QED) is 0.704. The number of aliphatic hydroxyl groups excluding tert-OH is 1. The minimum absolute atomic E-state index is 0.000108. The fourth-order valence-electron chi connectivity index (χ4n) is 3.51. The number of nitrogens with zero attached hydrogens (tertiary/aromatic N) is 2. The van der Waals surface area contributed by atoms with Crippen LogP contribution in [0.3, 0.4) is 0 Å². The van der Waals surface area contributed by atoms with Gasteiger partial charge in [-0.05, 0) is 79.2 Å². The first kappa shape index (κ1) is 16.2. The Balaban J connectivity index is 1.81. The van der Waals surface area contributed by atoms with E-state index in [0.717, 1.165) is 25.9 Å². The molecule has 2 unspecified atom stereocenters. The summed E-state index contributed by atoms with van der Waals surface area (Å²) >= 11 is 0. The van der Waals surface area contributed by atoms with Crippen LogP contribution in [-0.4, -0.2) is 73.4 Å². The average molecular weight is 283 g/mol. The lowest BCUT2D eigenvalue weighted by Gasteiger charge is -2.44. The van der Waals surface area contributed by atoms with Crippen LogP contribution in [0.1, 0.15) is 44.9 Å². The first-order valence-corrected chi connectivity index (χ1v) is 8.28. The summed E-state index contributed by atoms with van der Waals surface area (Å²) in [5, 5.41) is 13.6. The smallest absolute Gasteiger partial charge is 0.0613 e. The topological polar surface area (TPSA) is 38.7 Å². The Morgan fingerprint density at radius 1 is 1.15 bits per heavy atom. The molecule has 0 saturated heterocycles. The molecular weight excluding hydrogens is 250 g/mol. The lowest BCUT2D eigenvalue weighted by Crippen LogP contribution is -2.56. The predicted molar refractivity (Wildman–Crippen MR) is 84.0 cm³/mol. The second-order valence-electron chi connectivity index (χ2n) is 7.24. The third-order valence-electron chi connectivity index (χ3n) is 4.95. The molecule has 0 amide bonds. The minimum Gasteiger partial charge on any atom is -0.394 e. The van der Waals surface area contributed by atoms with Crippen molar-refractivity contribution in [3.8, 4) is 0 Å². The summed E-state index contributed by atoms with van der Waals surface area (Å²) in [5.74, 6) is 0. The van der Waals surface area contributed by atoms with Crippen molar-refractivity contribution >= 4 is 0 Å². The third kappa shape index (κ3) is 4.69. The highest BCUT2D eigenvalue weighted by Crippen LogP contribution is 2.34. The van der Waals surface area contributed by atoms with Crippen LogP contribution in [0, 0.1) is 0 Å². The summed E-state index contributed by atoms with van der Waals surface area (Å²) in [6.45, 7) is 2.61. The van der Waals surface area contributed by atoms with Crippen molar-refractivity contribution in [1.82, 2.24) is 15.1 Å². The van der Waals surface area contributed by atoms with E-state index in [0.29, 0.717) is 18.7 Å². The highest BCUT2D eigenvalue weighted by atomic mass is 16.3. The first-order valence-electron chi connectivity index (χ1n) is 8.28. The molecule has 4 nitrogen and oxygen atoms in total. The van der Waals surface area contributed by atoms with Gasteiger partial charge in [0, 0.05) is 17.6 Å². The highest BCUT2D eigenvalue weighted by molar-refractivity contribution is 5.00. The van der Waals surface area contributed by atoms with Gasteiger partial charge in [-0.3, -0.25) is 0 Å². The molecule has 0 spiro atoms. The molecule has 20 heavy (non-hydrogen) atoms. The van der Waals surface area contributed by atoms with Crippen molar-refractivity contribution in [3.05, 3.63) is 0 Å². The Hall–Kier alpha value is -0.160. The van der Waals surface area contributed by atoms with Crippen molar-refractivity contribution in [3.63, 3.8) is 0 Å². The molecule has 0 aromatic rings. The number of hydrogen-bond acceptors (Lipinski definition) is 4. The zero-order valence-corrected chi connectivity index (χ0v) is 13.6. The number of hydrogen-bond donors (Lipinski definition) is 2. The Morgan fingerprint density at radius 2 is 1.90 bits per heavy atom. The molecule has 2 rings (SSSR count). The van der Waals surface area contributed by atoms with Crippen LogP contribution in [-0.2, 0) is 0 Å². The van der Waals surface area contributed by atoms with Crippen molar-refractivity contribution in [2.75, 3.05) is 40.8 Å². The molecule has 0 heterocycles. The highest BCUT2D eigenvalue weighted by Gasteiger charge is 2.40. The van der Waals surface area contributed by atoms with E-state index in [1.54, 1.807) is 0 Å². The van der Waals surface area contributed by atoms with Crippen molar-refractivity contribution in [1.29, 1.82) is 0 Å². The van der Waals surface area contributed by atoms with Gasteiger partial charge in [0.05, 0.1) is 6.61 Å². The molecule has 2 fully saturated rings. The minimum atomic E-state index is -0.000108. The zero-order valence-electron chi connectivity index (χ0n) is 13.6. The SMILES string of the molecule is CN(C)CCCN(C)C1CCCC(CO)(NC2CC2)C1. The molecule has 0 aliphatic heterocycles. The van der Waals surface area contributed by atoms with E-state index in [4.69, 9.17) is 0 Å².